The van der Waals surface area contributed by atoms with Crippen LogP contribution in [0.15, 0.2) is 24.3 Å². The average Bonchev–Trinajstić information content (AvgIpc) is 2.49. The molecule has 1 aromatic carbocycles. The Labute approximate surface area is 134 Å². The Morgan fingerprint density at radius 1 is 1.00 bits per heavy atom. The molecule has 0 fully saturated rings. The first kappa shape index (κ1) is 19.3. The predicted molar refractivity (Wildman–Crippen MR) is 81.4 cm³/mol. The first-order valence-corrected chi connectivity index (χ1v) is 7.96. The van der Waals surface area contributed by atoms with E-state index in [0.29, 0.717) is 6.42 Å². The van der Waals surface area contributed by atoms with Crippen molar-refractivity contribution in [2.45, 2.75) is 58.0 Å². The molecule has 0 heterocycles. The van der Waals surface area contributed by atoms with Gasteiger partial charge < -0.3 is 9.47 Å². The second kappa shape index (κ2) is 10.1. The van der Waals surface area contributed by atoms with Crippen LogP contribution in [0.3, 0.4) is 0 Å². The quantitative estimate of drug-likeness (QED) is 0.317. The molecule has 3 nitrogen and oxygen atoms in total. The van der Waals surface area contributed by atoms with E-state index in [0.717, 1.165) is 31.4 Å². The summed E-state index contributed by atoms with van der Waals surface area (Å²) < 4.78 is 47.7. The van der Waals surface area contributed by atoms with Crippen molar-refractivity contribution in [1.82, 2.24) is 0 Å². The number of hydrogen-bond donors (Lipinski definition) is 0. The zero-order valence-electron chi connectivity index (χ0n) is 13.3. The summed E-state index contributed by atoms with van der Waals surface area (Å²) in [6.45, 7) is 2.30. The molecular weight excluding hydrogens is 309 g/mol. The zero-order chi connectivity index (χ0) is 17.1. The predicted octanol–water partition coefficient (Wildman–Crippen LogP) is 5.97. The molecule has 1 aromatic rings. The van der Waals surface area contributed by atoms with Crippen LogP contribution in [0.1, 0.15) is 57.4 Å². The van der Waals surface area contributed by atoms with Crippen molar-refractivity contribution in [3.8, 4) is 5.75 Å². The molecule has 0 saturated carbocycles. The van der Waals surface area contributed by atoms with Gasteiger partial charge in [-0.15, -0.1) is 0 Å². The third kappa shape index (κ3) is 7.90. The van der Waals surface area contributed by atoms with Crippen LogP contribution in [0, 0.1) is 0 Å². The van der Waals surface area contributed by atoms with Crippen LogP contribution in [0.25, 0.3) is 0 Å². The summed E-state index contributed by atoms with van der Waals surface area (Å²) in [5.41, 5.74) is -0.993. The summed E-state index contributed by atoms with van der Waals surface area (Å²) in [4.78, 5) is 11.5. The van der Waals surface area contributed by atoms with Crippen molar-refractivity contribution < 1.29 is 27.4 Å². The van der Waals surface area contributed by atoms with Crippen LogP contribution >= 0.6 is 0 Å². The number of hydrogen-bond acceptors (Lipinski definition) is 3. The number of ether oxygens (including phenoxy) is 2. The molecule has 0 aliphatic rings. The lowest BCUT2D eigenvalue weighted by Gasteiger charge is -2.12. The summed E-state index contributed by atoms with van der Waals surface area (Å²) >= 11 is 0. The zero-order valence-corrected chi connectivity index (χ0v) is 13.3. The van der Waals surface area contributed by atoms with Crippen molar-refractivity contribution in [2.75, 3.05) is 6.61 Å². The van der Waals surface area contributed by atoms with Crippen molar-refractivity contribution in [3.63, 3.8) is 0 Å². The molecule has 0 spiro atoms. The van der Waals surface area contributed by atoms with Crippen LogP contribution in [-0.4, -0.2) is 12.8 Å². The van der Waals surface area contributed by atoms with Crippen molar-refractivity contribution in [3.05, 3.63) is 29.8 Å². The fourth-order valence-corrected chi connectivity index (χ4v) is 2.12. The summed E-state index contributed by atoms with van der Waals surface area (Å²) in [6, 6.07) is 4.56. The molecule has 0 aromatic heterocycles. The third-order valence-corrected chi connectivity index (χ3v) is 3.35. The summed E-state index contributed by atoms with van der Waals surface area (Å²) in [5, 5.41) is 0. The Kier molecular flexibility index (Phi) is 8.51. The summed E-state index contributed by atoms with van der Waals surface area (Å²) in [7, 11) is 0. The van der Waals surface area contributed by atoms with E-state index in [1.807, 2.05) is 0 Å². The fourth-order valence-electron chi connectivity index (χ4n) is 2.12. The number of alkyl halides is 3. The summed E-state index contributed by atoms with van der Waals surface area (Å²) in [6.07, 6.45) is 1.76. The van der Waals surface area contributed by atoms with E-state index < -0.39 is 23.6 Å². The molecule has 6 heteroatoms. The van der Waals surface area contributed by atoms with Crippen molar-refractivity contribution in [2.24, 2.45) is 0 Å². The molecule has 0 amide bonds. The van der Waals surface area contributed by atoms with Crippen molar-refractivity contribution in [1.29, 1.82) is 0 Å². The number of para-hydroxylation sites is 1. The molecule has 0 aliphatic carbocycles. The normalized spacial score (nSPS) is 11.3. The lowest BCUT2D eigenvalue weighted by atomic mass is 10.1. The smallest absolute Gasteiger partial charge is 0.434 e. The number of rotatable bonds is 9. The van der Waals surface area contributed by atoms with Gasteiger partial charge in [0.2, 0.25) is 0 Å². The Morgan fingerprint density at radius 2 is 1.61 bits per heavy atom. The van der Waals surface area contributed by atoms with E-state index in [9.17, 15) is 18.0 Å². The molecule has 1 rings (SSSR count). The third-order valence-electron chi connectivity index (χ3n) is 3.35. The van der Waals surface area contributed by atoms with Gasteiger partial charge in [0, 0.05) is 0 Å². The highest BCUT2D eigenvalue weighted by molar-refractivity contribution is 5.64. The first-order valence-electron chi connectivity index (χ1n) is 7.96. The van der Waals surface area contributed by atoms with E-state index in [-0.39, 0.29) is 6.61 Å². The summed E-state index contributed by atoms with van der Waals surface area (Å²) in [5.74, 6) is -0.537. The van der Waals surface area contributed by atoms with E-state index in [1.165, 1.54) is 31.4 Å². The molecule has 0 bridgehead atoms. The Hall–Kier alpha value is -1.72. The monoisotopic (exact) mass is 332 g/mol. The maximum Gasteiger partial charge on any atom is 0.513 e. The van der Waals surface area contributed by atoms with E-state index in [1.54, 1.807) is 0 Å². The van der Waals surface area contributed by atoms with Gasteiger partial charge in [-0.2, -0.15) is 13.2 Å². The number of halogens is 3. The average molecular weight is 332 g/mol. The molecule has 0 N–H and O–H groups in total. The molecule has 0 atom stereocenters. The van der Waals surface area contributed by atoms with Gasteiger partial charge in [-0.25, -0.2) is 4.79 Å². The topological polar surface area (TPSA) is 35.5 Å². The highest BCUT2D eigenvalue weighted by Gasteiger charge is 2.34. The van der Waals surface area contributed by atoms with Crippen LogP contribution < -0.4 is 4.74 Å². The maximum absolute atomic E-state index is 12.7. The molecule has 130 valence electrons. The Balaban J connectivity index is 2.27. The molecule has 0 aliphatic heterocycles. The van der Waals surface area contributed by atoms with Crippen molar-refractivity contribution >= 4 is 6.16 Å². The van der Waals surface area contributed by atoms with Crippen LogP contribution in [0.5, 0.6) is 5.75 Å². The van der Waals surface area contributed by atoms with Crippen LogP contribution in [0.2, 0.25) is 0 Å². The van der Waals surface area contributed by atoms with Gasteiger partial charge in [0.05, 0.1) is 12.2 Å². The highest BCUT2D eigenvalue weighted by Crippen LogP contribution is 2.35. The first-order chi connectivity index (χ1) is 10.9. The number of carbonyl (C=O) groups excluding carboxylic acids is 1. The molecular formula is C17H23F3O3. The van der Waals surface area contributed by atoms with Gasteiger partial charge in [-0.3, -0.25) is 0 Å². The van der Waals surface area contributed by atoms with E-state index in [2.05, 4.69) is 11.7 Å². The van der Waals surface area contributed by atoms with Gasteiger partial charge in [0.1, 0.15) is 5.75 Å². The second-order valence-corrected chi connectivity index (χ2v) is 5.32. The van der Waals surface area contributed by atoms with E-state index in [4.69, 9.17) is 4.74 Å². The van der Waals surface area contributed by atoms with Crippen LogP contribution in [0.4, 0.5) is 18.0 Å². The molecule has 0 unspecified atom stereocenters. The standard InChI is InChI=1S/C17H23F3O3/c1-2-3-4-5-6-7-10-13-22-16(21)23-15-12-9-8-11-14(15)17(18,19)20/h8-9,11-12H,2-7,10,13H2,1H3. The molecule has 0 saturated heterocycles. The largest absolute Gasteiger partial charge is 0.513 e. The minimum atomic E-state index is -4.57. The Bertz CT molecular complexity index is 472. The minimum Gasteiger partial charge on any atom is -0.434 e. The van der Waals surface area contributed by atoms with Gasteiger partial charge in [-0.1, -0.05) is 57.6 Å². The second-order valence-electron chi connectivity index (χ2n) is 5.32. The number of carbonyl (C=O) groups is 1. The number of benzene rings is 1. The molecule has 0 radical (unpaired) electrons. The van der Waals surface area contributed by atoms with Crippen LogP contribution in [-0.2, 0) is 10.9 Å². The number of unbranched alkanes of at least 4 members (excludes halogenated alkanes) is 6. The van der Waals surface area contributed by atoms with Gasteiger partial charge >= 0.3 is 12.3 Å². The highest BCUT2D eigenvalue weighted by atomic mass is 19.4. The van der Waals surface area contributed by atoms with E-state index >= 15 is 0 Å². The Morgan fingerprint density at radius 3 is 2.26 bits per heavy atom. The molecule has 23 heavy (non-hydrogen) atoms. The lowest BCUT2D eigenvalue weighted by Crippen LogP contribution is -2.15. The van der Waals surface area contributed by atoms with Gasteiger partial charge in [0.25, 0.3) is 0 Å². The SMILES string of the molecule is CCCCCCCCCOC(=O)Oc1ccccc1C(F)(F)F. The maximum atomic E-state index is 12.7. The lowest BCUT2D eigenvalue weighted by molar-refractivity contribution is -0.138. The van der Waals surface area contributed by atoms with Gasteiger partial charge in [0.15, 0.2) is 0 Å². The minimum absolute atomic E-state index is 0.154. The van der Waals surface area contributed by atoms with Gasteiger partial charge in [-0.05, 0) is 18.6 Å². The fraction of sp³-hybridized carbons (Fsp3) is 0.588.